The second-order valence-electron chi connectivity index (χ2n) is 28.2. The molecule has 538 valence electrons. The number of hydrogen-bond acceptors (Lipinski definition) is 14. The monoisotopic (exact) mass is 1500 g/mol. The Hall–Kier alpha value is -15.0. The number of rotatable bonds is 17. The van der Waals surface area contributed by atoms with Crippen LogP contribution in [0.1, 0.15) is 0 Å². The number of para-hydroxylation sites is 10. The Morgan fingerprint density at radius 2 is 0.439 bits per heavy atom. The highest BCUT2D eigenvalue weighted by molar-refractivity contribution is 7.26. The molecule has 0 bridgehead atoms. The van der Waals surface area contributed by atoms with Crippen LogP contribution in [0, 0.1) is 0 Å². The van der Waals surface area contributed by atoms with Crippen molar-refractivity contribution in [2.24, 2.45) is 0 Å². The van der Waals surface area contributed by atoms with Crippen LogP contribution in [0.4, 0.5) is 68.2 Å². The van der Waals surface area contributed by atoms with E-state index >= 15 is 0 Å². The Kier molecular flexibility index (Phi) is 16.0. The molecule has 22 rings (SSSR count). The van der Waals surface area contributed by atoms with Gasteiger partial charge >= 0.3 is 0 Å². The molecule has 0 N–H and O–H groups in total. The molecule has 0 radical (unpaired) electrons. The van der Waals surface area contributed by atoms with Crippen molar-refractivity contribution in [1.29, 1.82) is 0 Å². The number of thiophene rings is 2. The molecular formula is C100H62N8O4S2. The van der Waals surface area contributed by atoms with Crippen molar-refractivity contribution in [2.45, 2.75) is 0 Å². The number of aromatic nitrogens is 4. The first-order chi connectivity index (χ1) is 56.4. The molecule has 6 aromatic heterocycles. The molecule has 0 saturated heterocycles. The van der Waals surface area contributed by atoms with Gasteiger partial charge in [-0.3, -0.25) is 0 Å². The van der Waals surface area contributed by atoms with Crippen molar-refractivity contribution in [3.8, 4) is 56.9 Å². The van der Waals surface area contributed by atoms with E-state index < -0.39 is 0 Å². The molecule has 22 aromatic rings. The second-order valence-corrected chi connectivity index (χ2v) is 30.3. The zero-order chi connectivity index (χ0) is 75.2. The number of oxazole rings is 4. The Morgan fingerprint density at radius 3 is 0.798 bits per heavy atom. The van der Waals surface area contributed by atoms with Crippen molar-refractivity contribution in [2.75, 3.05) is 19.6 Å². The van der Waals surface area contributed by atoms with Crippen LogP contribution in [-0.2, 0) is 0 Å². The van der Waals surface area contributed by atoms with Gasteiger partial charge in [0.2, 0.25) is 23.6 Å². The Balaban J connectivity index is 0.618. The van der Waals surface area contributed by atoms with Crippen molar-refractivity contribution >= 4 is 176 Å². The van der Waals surface area contributed by atoms with Gasteiger partial charge in [0, 0.05) is 131 Å². The van der Waals surface area contributed by atoms with Gasteiger partial charge in [0.25, 0.3) is 0 Å². The smallest absolute Gasteiger partial charge is 0.227 e. The van der Waals surface area contributed by atoms with E-state index in [4.69, 9.17) is 37.6 Å². The maximum Gasteiger partial charge on any atom is 0.227 e. The third kappa shape index (κ3) is 12.0. The Morgan fingerprint density at radius 1 is 0.175 bits per heavy atom. The Labute approximate surface area is 661 Å². The van der Waals surface area contributed by atoms with Crippen LogP contribution < -0.4 is 19.6 Å². The van der Waals surface area contributed by atoms with Crippen molar-refractivity contribution in [3.63, 3.8) is 0 Å². The summed E-state index contributed by atoms with van der Waals surface area (Å²) >= 11 is 3.60. The van der Waals surface area contributed by atoms with Crippen LogP contribution in [0.2, 0.25) is 0 Å². The lowest BCUT2D eigenvalue weighted by molar-refractivity contribution is 0.619. The third-order valence-corrected chi connectivity index (χ3v) is 23.5. The highest BCUT2D eigenvalue weighted by atomic mass is 32.1. The van der Waals surface area contributed by atoms with Crippen LogP contribution >= 0.6 is 22.7 Å². The first-order valence-corrected chi connectivity index (χ1v) is 39.3. The summed E-state index contributed by atoms with van der Waals surface area (Å²) < 4.78 is 29.8. The molecule has 0 spiro atoms. The maximum absolute atomic E-state index is 6.31. The minimum Gasteiger partial charge on any atom is -0.436 e. The third-order valence-electron chi connectivity index (χ3n) is 21.2. The number of hydrogen-bond donors (Lipinski definition) is 0. The molecule has 0 aliphatic heterocycles. The molecule has 0 fully saturated rings. The first-order valence-electron chi connectivity index (χ1n) is 37.7. The molecule has 0 saturated carbocycles. The molecule has 14 heteroatoms. The molecule has 0 unspecified atom stereocenters. The van der Waals surface area contributed by atoms with E-state index in [1.165, 1.54) is 29.6 Å². The van der Waals surface area contributed by atoms with Gasteiger partial charge in [-0.05, 0) is 272 Å². The van der Waals surface area contributed by atoms with E-state index in [1.54, 1.807) is 22.7 Å². The summed E-state index contributed by atoms with van der Waals surface area (Å²) in [5.74, 6) is 2.32. The van der Waals surface area contributed by atoms with Gasteiger partial charge in [-0.1, -0.05) is 115 Å². The topological polar surface area (TPSA) is 117 Å². The summed E-state index contributed by atoms with van der Waals surface area (Å²) in [5.41, 5.74) is 24.2. The molecule has 0 atom stereocenters. The van der Waals surface area contributed by atoms with Gasteiger partial charge in [0.05, 0.1) is 0 Å². The number of anilines is 12. The van der Waals surface area contributed by atoms with E-state index in [9.17, 15) is 0 Å². The summed E-state index contributed by atoms with van der Waals surface area (Å²) in [6.07, 6.45) is 0. The average Bonchev–Trinajstić information content (AvgIpc) is 1.61. The highest BCUT2D eigenvalue weighted by Gasteiger charge is 2.24. The molecular weight excluding hydrogens is 1440 g/mol. The predicted molar refractivity (Wildman–Crippen MR) is 468 cm³/mol. The van der Waals surface area contributed by atoms with Gasteiger partial charge in [-0.15, -0.1) is 22.7 Å². The van der Waals surface area contributed by atoms with Crippen molar-refractivity contribution in [3.05, 3.63) is 376 Å². The predicted octanol–water partition coefficient (Wildman–Crippen LogP) is 29.2. The fourth-order valence-electron chi connectivity index (χ4n) is 15.6. The second kappa shape index (κ2) is 27.6. The Bertz CT molecular complexity index is 7250. The lowest BCUT2D eigenvalue weighted by Gasteiger charge is -2.27. The van der Waals surface area contributed by atoms with Gasteiger partial charge in [-0.2, -0.15) is 0 Å². The molecule has 0 aliphatic carbocycles. The van der Waals surface area contributed by atoms with Crippen molar-refractivity contribution < 1.29 is 17.7 Å². The lowest BCUT2D eigenvalue weighted by Crippen LogP contribution is -2.10. The number of nitrogens with zero attached hydrogens (tertiary/aromatic N) is 8. The van der Waals surface area contributed by atoms with Gasteiger partial charge < -0.3 is 37.3 Å². The number of fused-ring (bicyclic) bond motifs is 10. The maximum atomic E-state index is 6.31. The van der Waals surface area contributed by atoms with E-state index in [2.05, 4.69) is 299 Å². The molecule has 0 aliphatic rings. The molecule has 16 aromatic carbocycles. The summed E-state index contributed by atoms with van der Waals surface area (Å²) in [6, 6.07) is 132. The largest absolute Gasteiger partial charge is 0.436 e. The summed E-state index contributed by atoms with van der Waals surface area (Å²) in [7, 11) is 0. The van der Waals surface area contributed by atoms with E-state index in [1.807, 2.05) is 97.1 Å². The van der Waals surface area contributed by atoms with Gasteiger partial charge in [0.1, 0.15) is 22.1 Å². The quantitative estimate of drug-likeness (QED) is 0.0864. The SMILES string of the molecule is c1ccc(N(c2ccc(-c3nc4ccccc4o3)cc2)c2ccc3sc4cc(N(c5ccc(-c6nc7ccccc7o6)cc5)c5cccc(-c6ccc(N(c7ccc(-c8nc9ccccc9o8)cc7)c7ccc8sc9ccc(N(c%10ccccc%10)c%10ccc(-c%11nc%12ccccc%12o%11)cc%10)cc9c8c7)cc6)c5)ccc4c3c2)cc1. The molecule has 0 amide bonds. The average molecular weight is 1500 g/mol. The zero-order valence-electron chi connectivity index (χ0n) is 60.8. The molecule has 12 nitrogen and oxygen atoms in total. The van der Waals surface area contributed by atoms with E-state index in [-0.39, 0.29) is 0 Å². The van der Waals surface area contributed by atoms with Crippen LogP contribution in [0.15, 0.2) is 394 Å². The summed E-state index contributed by atoms with van der Waals surface area (Å²) in [5, 5.41) is 4.67. The first kappa shape index (κ1) is 66.1. The summed E-state index contributed by atoms with van der Waals surface area (Å²) in [4.78, 5) is 28.7. The zero-order valence-corrected chi connectivity index (χ0v) is 62.5. The standard InChI is InChI=1S/C100H62N8O4S2/c1-3-17-69(18-4-1)105(72-42-32-64(33-43-72)97-101-85-22-7-11-26-89(85)109-97)77-51-55-93-82(59-77)81-54-50-80(62-96(81)114-93)108(75-48-38-67(39-49-75)100-104-88-25-10-14-29-92(88)112-100)76-21-15-16-68(58-76)63-30-40-71(41-31-63)107(74-46-36-66(37-47-74)99-103-87-24-9-13-28-91(87)111-99)79-53-57-95-84(61-79)83-60-78(52-56-94(83)113-95)106(70-19-5-2-6-20-70)73-44-34-65(35-45-73)98-102-86-23-8-12-27-90(86)110-98/h1-62H. The lowest BCUT2D eigenvalue weighted by atomic mass is 10.0. The normalized spacial score (nSPS) is 11.7. The molecule has 6 heterocycles. The van der Waals surface area contributed by atoms with Crippen molar-refractivity contribution in [1.82, 2.24) is 19.9 Å². The minimum atomic E-state index is 0.571. The van der Waals surface area contributed by atoms with Gasteiger partial charge in [-0.25, -0.2) is 19.9 Å². The fraction of sp³-hybridized carbons (Fsp3) is 0. The molecule has 114 heavy (non-hydrogen) atoms. The van der Waals surface area contributed by atoms with Crippen LogP contribution in [0.25, 0.3) is 142 Å². The van der Waals surface area contributed by atoms with Crippen LogP contribution in [-0.4, -0.2) is 19.9 Å². The van der Waals surface area contributed by atoms with Crippen LogP contribution in [0.3, 0.4) is 0 Å². The highest BCUT2D eigenvalue weighted by Crippen LogP contribution is 2.49. The number of benzene rings is 16. The van der Waals surface area contributed by atoms with E-state index in [0.29, 0.717) is 23.6 Å². The van der Waals surface area contributed by atoms with E-state index in [0.717, 1.165) is 157 Å². The van der Waals surface area contributed by atoms with Crippen LogP contribution in [0.5, 0.6) is 0 Å². The van der Waals surface area contributed by atoms with Gasteiger partial charge in [0.15, 0.2) is 22.3 Å². The fourth-order valence-corrected chi connectivity index (χ4v) is 17.8. The summed E-state index contributed by atoms with van der Waals surface area (Å²) in [6.45, 7) is 0. The minimum absolute atomic E-state index is 0.571.